The Balaban J connectivity index is 1.79. The van der Waals surface area contributed by atoms with Crippen LogP contribution in [0.3, 0.4) is 0 Å². The molecule has 1 saturated heterocycles. The van der Waals surface area contributed by atoms with Gasteiger partial charge < -0.3 is 10.2 Å². The lowest BCUT2D eigenvalue weighted by Gasteiger charge is -2.22. The van der Waals surface area contributed by atoms with E-state index in [0.717, 1.165) is 0 Å². The second kappa shape index (κ2) is 7.27. The lowest BCUT2D eigenvalue weighted by molar-refractivity contribution is 0.281. The molecule has 2 nitrogen and oxygen atoms in total. The molecule has 0 aromatic carbocycles. The molecular weight excluding hydrogens is 240 g/mol. The average Bonchev–Trinajstić information content (AvgIpc) is 2.81. The van der Waals surface area contributed by atoms with E-state index in [2.05, 4.69) is 41.6 Å². The second-order valence-corrected chi connectivity index (χ2v) is 6.35. The van der Waals surface area contributed by atoms with Gasteiger partial charge in [0.2, 0.25) is 0 Å². The molecule has 0 saturated carbocycles. The summed E-state index contributed by atoms with van der Waals surface area (Å²) in [6, 6.07) is 5.59. The minimum Gasteiger partial charge on any atom is -0.307 e. The van der Waals surface area contributed by atoms with E-state index in [-0.39, 0.29) is 0 Å². The molecule has 3 heteroatoms. The molecule has 2 heterocycles. The van der Waals surface area contributed by atoms with Gasteiger partial charge in [-0.2, -0.15) is 0 Å². The van der Waals surface area contributed by atoms with Crippen LogP contribution in [0.25, 0.3) is 0 Å². The highest BCUT2D eigenvalue weighted by atomic mass is 32.1. The molecule has 102 valence electrons. The van der Waals surface area contributed by atoms with E-state index < -0.39 is 0 Å². The number of rotatable bonds is 5. The molecule has 0 amide bonds. The fraction of sp³-hybridized carbons (Fsp3) is 0.733. The molecule has 2 rings (SSSR count). The molecule has 1 aromatic heterocycles. The third-order valence-electron chi connectivity index (χ3n) is 3.82. The van der Waals surface area contributed by atoms with Crippen molar-refractivity contribution < 1.29 is 0 Å². The molecule has 18 heavy (non-hydrogen) atoms. The van der Waals surface area contributed by atoms with Crippen LogP contribution in [0.15, 0.2) is 17.5 Å². The summed E-state index contributed by atoms with van der Waals surface area (Å²) in [5.74, 6) is 0. The maximum absolute atomic E-state index is 3.81. The Morgan fingerprint density at radius 2 is 2.33 bits per heavy atom. The van der Waals surface area contributed by atoms with Crippen LogP contribution in [0.1, 0.15) is 50.4 Å². The monoisotopic (exact) mass is 266 g/mol. The van der Waals surface area contributed by atoms with Crippen molar-refractivity contribution in [3.8, 4) is 0 Å². The highest BCUT2D eigenvalue weighted by Crippen LogP contribution is 2.21. The number of nitrogens with zero attached hydrogens (tertiary/aromatic N) is 1. The van der Waals surface area contributed by atoms with Gasteiger partial charge in [-0.25, -0.2) is 0 Å². The fourth-order valence-corrected chi connectivity index (χ4v) is 3.58. The van der Waals surface area contributed by atoms with Crippen molar-refractivity contribution in [2.24, 2.45) is 0 Å². The highest BCUT2D eigenvalue weighted by Gasteiger charge is 2.18. The maximum atomic E-state index is 3.81. The molecule has 0 bridgehead atoms. The van der Waals surface area contributed by atoms with Crippen LogP contribution in [-0.2, 0) is 0 Å². The van der Waals surface area contributed by atoms with Gasteiger partial charge in [0.05, 0.1) is 0 Å². The molecule has 0 aliphatic carbocycles. The van der Waals surface area contributed by atoms with Crippen LogP contribution < -0.4 is 5.32 Å². The van der Waals surface area contributed by atoms with Gasteiger partial charge in [-0.3, -0.25) is 0 Å². The predicted molar refractivity (Wildman–Crippen MR) is 80.2 cm³/mol. The number of thiophene rings is 1. The van der Waals surface area contributed by atoms with Crippen molar-refractivity contribution in [1.82, 2.24) is 10.2 Å². The van der Waals surface area contributed by atoms with E-state index in [4.69, 9.17) is 0 Å². The Labute approximate surface area is 115 Å². The molecule has 1 aromatic rings. The fourth-order valence-electron chi connectivity index (χ4n) is 2.84. The van der Waals surface area contributed by atoms with Gasteiger partial charge in [0, 0.05) is 17.0 Å². The van der Waals surface area contributed by atoms with Gasteiger partial charge in [-0.05, 0) is 63.7 Å². The average molecular weight is 266 g/mol. The summed E-state index contributed by atoms with van der Waals surface area (Å²) in [4.78, 5) is 4.09. The number of hydrogen-bond acceptors (Lipinski definition) is 3. The van der Waals surface area contributed by atoms with E-state index in [0.29, 0.717) is 12.1 Å². The van der Waals surface area contributed by atoms with Crippen molar-refractivity contribution in [2.45, 2.75) is 51.6 Å². The molecule has 1 N–H and O–H groups in total. The Bertz CT molecular complexity index is 323. The zero-order valence-electron chi connectivity index (χ0n) is 11.7. The van der Waals surface area contributed by atoms with Crippen LogP contribution in [0.2, 0.25) is 0 Å². The van der Waals surface area contributed by atoms with Gasteiger partial charge in [-0.1, -0.05) is 13.0 Å². The van der Waals surface area contributed by atoms with Gasteiger partial charge in [0.15, 0.2) is 0 Å². The van der Waals surface area contributed by atoms with E-state index in [1.807, 2.05) is 11.3 Å². The third kappa shape index (κ3) is 4.08. The molecule has 0 radical (unpaired) electrons. The third-order valence-corrected chi connectivity index (χ3v) is 4.87. The SMILES string of the molecule is CCCN1CCCC(N[C@@H](C)c2cccs2)CC1. The van der Waals surface area contributed by atoms with Crippen molar-refractivity contribution in [1.29, 1.82) is 0 Å². The Morgan fingerprint density at radius 1 is 1.44 bits per heavy atom. The quantitative estimate of drug-likeness (QED) is 0.875. The first-order valence-electron chi connectivity index (χ1n) is 7.31. The minimum atomic E-state index is 0.507. The summed E-state index contributed by atoms with van der Waals surface area (Å²) >= 11 is 1.86. The predicted octanol–water partition coefficient (Wildman–Crippen LogP) is 3.66. The first-order valence-corrected chi connectivity index (χ1v) is 8.19. The number of nitrogens with one attached hydrogen (secondary N) is 1. The van der Waals surface area contributed by atoms with Crippen LogP contribution in [0, 0.1) is 0 Å². The van der Waals surface area contributed by atoms with Crippen LogP contribution in [-0.4, -0.2) is 30.6 Å². The molecule has 1 unspecified atom stereocenters. The Kier molecular flexibility index (Phi) is 5.67. The smallest absolute Gasteiger partial charge is 0.0388 e. The van der Waals surface area contributed by atoms with Gasteiger partial charge in [0.1, 0.15) is 0 Å². The summed E-state index contributed by atoms with van der Waals surface area (Å²) < 4.78 is 0. The van der Waals surface area contributed by atoms with E-state index in [1.165, 1.54) is 50.2 Å². The van der Waals surface area contributed by atoms with Gasteiger partial charge >= 0.3 is 0 Å². The summed E-state index contributed by atoms with van der Waals surface area (Å²) in [5.41, 5.74) is 0. The normalized spacial score (nSPS) is 23.8. The van der Waals surface area contributed by atoms with Crippen molar-refractivity contribution in [3.05, 3.63) is 22.4 Å². The van der Waals surface area contributed by atoms with E-state index in [9.17, 15) is 0 Å². The largest absolute Gasteiger partial charge is 0.307 e. The summed E-state index contributed by atoms with van der Waals surface area (Å²) in [6.07, 6.45) is 5.25. The van der Waals surface area contributed by atoms with Crippen LogP contribution >= 0.6 is 11.3 Å². The van der Waals surface area contributed by atoms with Crippen molar-refractivity contribution in [3.63, 3.8) is 0 Å². The molecule has 0 spiro atoms. The summed E-state index contributed by atoms with van der Waals surface area (Å²) in [6.45, 7) is 8.40. The van der Waals surface area contributed by atoms with E-state index in [1.54, 1.807) is 0 Å². The summed E-state index contributed by atoms with van der Waals surface area (Å²) in [7, 11) is 0. The Hall–Kier alpha value is -0.380. The van der Waals surface area contributed by atoms with Crippen LogP contribution in [0.5, 0.6) is 0 Å². The Morgan fingerprint density at radius 3 is 3.06 bits per heavy atom. The molecule has 1 aliphatic heterocycles. The zero-order valence-corrected chi connectivity index (χ0v) is 12.5. The summed E-state index contributed by atoms with van der Waals surface area (Å²) in [5, 5.41) is 5.98. The maximum Gasteiger partial charge on any atom is 0.0388 e. The molecule has 1 fully saturated rings. The van der Waals surface area contributed by atoms with Gasteiger partial charge in [0.25, 0.3) is 0 Å². The molecule has 2 atom stereocenters. The van der Waals surface area contributed by atoms with Crippen LogP contribution in [0.4, 0.5) is 0 Å². The second-order valence-electron chi connectivity index (χ2n) is 5.37. The number of likely N-dealkylation sites (tertiary alicyclic amines) is 1. The lowest BCUT2D eigenvalue weighted by atomic mass is 10.1. The first-order chi connectivity index (χ1) is 8.79. The lowest BCUT2D eigenvalue weighted by Crippen LogP contribution is -2.32. The minimum absolute atomic E-state index is 0.507. The standard InChI is InChI=1S/C15H26N2S/c1-3-9-17-10-4-6-14(8-11-17)16-13(2)15-7-5-12-18-15/h5,7,12-14,16H,3-4,6,8-11H2,1-2H3/t13-,14?/m0/s1. The molecule has 1 aliphatic rings. The molecular formula is C15H26N2S. The zero-order chi connectivity index (χ0) is 12.8. The van der Waals surface area contributed by atoms with E-state index >= 15 is 0 Å². The van der Waals surface area contributed by atoms with Gasteiger partial charge in [-0.15, -0.1) is 11.3 Å². The van der Waals surface area contributed by atoms with Crippen molar-refractivity contribution >= 4 is 11.3 Å². The van der Waals surface area contributed by atoms with Crippen molar-refractivity contribution in [2.75, 3.05) is 19.6 Å². The highest BCUT2D eigenvalue weighted by molar-refractivity contribution is 7.10. The number of hydrogen-bond donors (Lipinski definition) is 1. The topological polar surface area (TPSA) is 15.3 Å². The first kappa shape index (κ1) is 14.0.